The second kappa shape index (κ2) is 4.63. The van der Waals surface area contributed by atoms with E-state index in [1.807, 2.05) is 0 Å². The molecule has 0 radical (unpaired) electrons. The fraction of sp³-hybridized carbons (Fsp3) is 0.857. The highest BCUT2D eigenvalue weighted by Crippen LogP contribution is 2.17. The van der Waals surface area contributed by atoms with E-state index in [2.05, 4.69) is 5.84 Å². The van der Waals surface area contributed by atoms with Crippen LogP contribution in [0.2, 0.25) is 0 Å². The van der Waals surface area contributed by atoms with Crippen molar-refractivity contribution in [3.05, 3.63) is 0 Å². The fourth-order valence-electron chi connectivity index (χ4n) is 1.04. The van der Waals surface area contributed by atoms with Crippen molar-refractivity contribution in [3.8, 4) is 0 Å². The number of nitrogens with one attached hydrogen (secondary N) is 1. The first kappa shape index (κ1) is 11.3. The zero-order valence-corrected chi connectivity index (χ0v) is 7.46. The van der Waals surface area contributed by atoms with E-state index in [1.54, 1.807) is 0 Å². The highest BCUT2D eigenvalue weighted by atomic mass is 19.3. The van der Waals surface area contributed by atoms with E-state index in [0.29, 0.717) is 19.6 Å². The van der Waals surface area contributed by atoms with Crippen LogP contribution in [0.1, 0.15) is 6.42 Å². The van der Waals surface area contributed by atoms with Crippen molar-refractivity contribution >= 4 is 5.91 Å². The van der Waals surface area contributed by atoms with Gasteiger partial charge in [0.05, 0.1) is 12.7 Å². The molecule has 1 rings (SSSR count). The van der Waals surface area contributed by atoms with Gasteiger partial charge in [0.2, 0.25) is 0 Å². The van der Waals surface area contributed by atoms with Gasteiger partial charge in [-0.25, -0.2) is 5.84 Å². The number of carbonyl (C=O) groups excluding carboxylic acids is 1. The maximum absolute atomic E-state index is 12.8. The van der Waals surface area contributed by atoms with Crippen LogP contribution in [0.4, 0.5) is 8.78 Å². The molecule has 1 aliphatic rings. The van der Waals surface area contributed by atoms with Crippen molar-refractivity contribution in [2.24, 2.45) is 5.84 Å². The van der Waals surface area contributed by atoms with Gasteiger partial charge in [-0.05, 0) is 6.42 Å². The predicted molar refractivity (Wildman–Crippen MR) is 42.5 cm³/mol. The van der Waals surface area contributed by atoms with Crippen LogP contribution in [-0.4, -0.2) is 37.8 Å². The van der Waals surface area contributed by atoms with Gasteiger partial charge in [0.1, 0.15) is 6.61 Å². The first-order valence-corrected chi connectivity index (χ1v) is 4.14. The lowest BCUT2D eigenvalue weighted by atomic mass is 10.3. The predicted octanol–water partition coefficient (Wildman–Crippen LogP) is -0.583. The molecule has 1 heterocycles. The molecular formula is C7H12F2N2O3. The summed E-state index contributed by atoms with van der Waals surface area (Å²) < 4.78 is 35.3. The summed E-state index contributed by atoms with van der Waals surface area (Å²) in [5, 5.41) is 0. The highest BCUT2D eigenvalue weighted by molar-refractivity contribution is 5.82. The zero-order chi connectivity index (χ0) is 10.6. The molecule has 1 amide bonds. The molecule has 3 N–H and O–H groups in total. The van der Waals surface area contributed by atoms with Crippen molar-refractivity contribution in [2.45, 2.75) is 18.4 Å². The quantitative estimate of drug-likeness (QED) is 0.370. The second-order valence-corrected chi connectivity index (χ2v) is 2.97. The van der Waals surface area contributed by atoms with Gasteiger partial charge in [-0.15, -0.1) is 0 Å². The molecule has 0 aromatic heterocycles. The van der Waals surface area contributed by atoms with Gasteiger partial charge in [-0.3, -0.25) is 10.2 Å². The summed E-state index contributed by atoms with van der Waals surface area (Å²) in [6.45, 7) is -0.177. The molecule has 1 unspecified atom stereocenters. The number of ether oxygens (including phenoxy) is 2. The van der Waals surface area contributed by atoms with Gasteiger partial charge in [0.15, 0.2) is 0 Å². The number of carbonyl (C=O) groups is 1. The number of hydrogen-bond donors (Lipinski definition) is 2. The Morgan fingerprint density at radius 1 is 1.71 bits per heavy atom. The maximum atomic E-state index is 12.8. The summed E-state index contributed by atoms with van der Waals surface area (Å²) in [6.07, 6.45) is 0.215. The standard InChI is InChI=1S/C7H12F2N2O3/c8-7(9,6(12)11-10)4-14-5-1-2-13-3-5/h5H,1-4,10H2,(H,11,12). The largest absolute Gasteiger partial charge is 0.379 e. The van der Waals surface area contributed by atoms with Gasteiger partial charge < -0.3 is 9.47 Å². The van der Waals surface area contributed by atoms with Crippen LogP contribution in [0.3, 0.4) is 0 Å². The van der Waals surface area contributed by atoms with E-state index in [4.69, 9.17) is 9.47 Å². The molecule has 1 fully saturated rings. The van der Waals surface area contributed by atoms with Crippen LogP contribution in [0.15, 0.2) is 0 Å². The van der Waals surface area contributed by atoms with E-state index in [1.165, 1.54) is 5.43 Å². The topological polar surface area (TPSA) is 73.6 Å². The monoisotopic (exact) mass is 210 g/mol. The minimum atomic E-state index is -3.59. The van der Waals surface area contributed by atoms with E-state index in [9.17, 15) is 13.6 Å². The Bertz CT molecular complexity index is 207. The smallest absolute Gasteiger partial charge is 0.348 e. The first-order valence-electron chi connectivity index (χ1n) is 4.14. The third-order valence-electron chi connectivity index (χ3n) is 1.85. The van der Waals surface area contributed by atoms with Crippen molar-refractivity contribution in [2.75, 3.05) is 19.8 Å². The molecule has 82 valence electrons. The summed E-state index contributed by atoms with van der Waals surface area (Å²) in [7, 11) is 0. The molecule has 0 aliphatic carbocycles. The minimum Gasteiger partial charge on any atom is -0.379 e. The molecule has 0 bridgehead atoms. The number of rotatable bonds is 4. The summed E-state index contributed by atoms with van der Waals surface area (Å²) in [5.74, 6) is -0.549. The van der Waals surface area contributed by atoms with E-state index < -0.39 is 18.4 Å². The van der Waals surface area contributed by atoms with Gasteiger partial charge in [0.25, 0.3) is 0 Å². The molecule has 1 saturated heterocycles. The van der Waals surface area contributed by atoms with Crippen LogP contribution in [0, 0.1) is 0 Å². The van der Waals surface area contributed by atoms with Crippen molar-refractivity contribution in [3.63, 3.8) is 0 Å². The molecule has 5 nitrogen and oxygen atoms in total. The second-order valence-electron chi connectivity index (χ2n) is 2.97. The molecule has 7 heteroatoms. The number of alkyl halides is 2. The van der Waals surface area contributed by atoms with Crippen LogP contribution in [-0.2, 0) is 14.3 Å². The molecular weight excluding hydrogens is 198 g/mol. The average molecular weight is 210 g/mol. The fourth-order valence-corrected chi connectivity index (χ4v) is 1.04. The number of halogens is 2. The van der Waals surface area contributed by atoms with Crippen molar-refractivity contribution in [1.82, 2.24) is 5.43 Å². The molecule has 0 aromatic rings. The Morgan fingerprint density at radius 3 is 2.93 bits per heavy atom. The van der Waals surface area contributed by atoms with Gasteiger partial charge in [-0.1, -0.05) is 0 Å². The van der Waals surface area contributed by atoms with Gasteiger partial charge in [0, 0.05) is 6.61 Å². The Morgan fingerprint density at radius 2 is 2.43 bits per heavy atom. The zero-order valence-electron chi connectivity index (χ0n) is 7.46. The summed E-state index contributed by atoms with van der Waals surface area (Å²) in [5.41, 5.74) is 1.38. The SMILES string of the molecule is NNC(=O)C(F)(F)COC1CCOC1. The Labute approximate surface area is 79.5 Å². The Hall–Kier alpha value is -0.790. The number of hydrazine groups is 1. The van der Waals surface area contributed by atoms with E-state index in [-0.39, 0.29) is 6.10 Å². The highest BCUT2D eigenvalue weighted by Gasteiger charge is 2.39. The van der Waals surface area contributed by atoms with E-state index >= 15 is 0 Å². The first-order chi connectivity index (χ1) is 6.56. The maximum Gasteiger partial charge on any atom is 0.348 e. The van der Waals surface area contributed by atoms with Crippen molar-refractivity contribution in [1.29, 1.82) is 0 Å². The van der Waals surface area contributed by atoms with Crippen LogP contribution in [0.25, 0.3) is 0 Å². The third-order valence-corrected chi connectivity index (χ3v) is 1.85. The number of nitrogens with two attached hydrogens (primary N) is 1. The number of hydrogen-bond acceptors (Lipinski definition) is 4. The lowest BCUT2D eigenvalue weighted by molar-refractivity contribution is -0.158. The Kier molecular flexibility index (Phi) is 3.73. The Balaban J connectivity index is 2.31. The van der Waals surface area contributed by atoms with Crippen molar-refractivity contribution < 1.29 is 23.0 Å². The normalized spacial score (nSPS) is 22.4. The minimum absolute atomic E-state index is 0.292. The van der Waals surface area contributed by atoms with Crippen LogP contribution >= 0.6 is 0 Å². The number of amides is 1. The molecule has 1 atom stereocenters. The van der Waals surface area contributed by atoms with Gasteiger partial charge in [-0.2, -0.15) is 8.78 Å². The van der Waals surface area contributed by atoms with Crippen LogP contribution < -0.4 is 11.3 Å². The van der Waals surface area contributed by atoms with E-state index in [0.717, 1.165) is 0 Å². The molecule has 0 aromatic carbocycles. The molecule has 0 spiro atoms. The molecule has 1 aliphatic heterocycles. The lowest BCUT2D eigenvalue weighted by Crippen LogP contribution is -2.47. The molecule has 14 heavy (non-hydrogen) atoms. The average Bonchev–Trinajstić information content (AvgIpc) is 2.66. The lowest BCUT2D eigenvalue weighted by Gasteiger charge is -2.16. The van der Waals surface area contributed by atoms with Gasteiger partial charge >= 0.3 is 11.8 Å². The van der Waals surface area contributed by atoms with Crippen LogP contribution in [0.5, 0.6) is 0 Å². The summed E-state index contributed by atoms with van der Waals surface area (Å²) >= 11 is 0. The third kappa shape index (κ3) is 2.86. The summed E-state index contributed by atoms with van der Waals surface area (Å²) in [4.78, 5) is 10.5. The summed E-state index contributed by atoms with van der Waals surface area (Å²) in [6, 6.07) is 0. The molecule has 0 saturated carbocycles.